The zero-order valence-corrected chi connectivity index (χ0v) is 12.9. The van der Waals surface area contributed by atoms with Gasteiger partial charge in [0.05, 0.1) is 11.3 Å². The lowest BCUT2D eigenvalue weighted by molar-refractivity contribution is 0.0698. The molecule has 0 aliphatic heterocycles. The lowest BCUT2D eigenvalue weighted by atomic mass is 10.1. The highest BCUT2D eigenvalue weighted by Gasteiger charge is 2.16. The highest BCUT2D eigenvalue weighted by molar-refractivity contribution is 9.10. The Morgan fingerprint density at radius 3 is 2.52 bits per heavy atom. The van der Waals surface area contributed by atoms with E-state index in [4.69, 9.17) is 10.8 Å². The van der Waals surface area contributed by atoms with Crippen LogP contribution in [0.3, 0.4) is 0 Å². The van der Waals surface area contributed by atoms with Crippen molar-refractivity contribution in [2.45, 2.75) is 6.54 Å². The van der Waals surface area contributed by atoms with Crippen LogP contribution in [0.15, 0.2) is 40.9 Å². The Balaban J connectivity index is 2.30. The summed E-state index contributed by atoms with van der Waals surface area (Å²) in [6.45, 7) is 0.452. The Morgan fingerprint density at radius 1 is 1.33 bits per heavy atom. The van der Waals surface area contributed by atoms with Crippen molar-refractivity contribution in [3.8, 4) is 0 Å². The molecule has 6 heteroatoms. The van der Waals surface area contributed by atoms with Crippen molar-refractivity contribution in [3.63, 3.8) is 0 Å². The second-order valence-corrected chi connectivity index (χ2v) is 5.59. The summed E-state index contributed by atoms with van der Waals surface area (Å²) in [5.41, 5.74) is 6.51. The molecule has 0 fully saturated rings. The van der Waals surface area contributed by atoms with Gasteiger partial charge in [-0.15, -0.1) is 0 Å². The number of nitrogens with two attached hydrogens (primary N) is 1. The van der Waals surface area contributed by atoms with Gasteiger partial charge in [-0.1, -0.05) is 28.1 Å². The van der Waals surface area contributed by atoms with E-state index < -0.39 is 11.8 Å². The minimum absolute atomic E-state index is 0.0826. The maximum absolute atomic E-state index is 14.0. The molecule has 0 amide bonds. The van der Waals surface area contributed by atoms with Crippen LogP contribution in [0.4, 0.5) is 15.8 Å². The third-order valence-corrected chi connectivity index (χ3v) is 3.62. The summed E-state index contributed by atoms with van der Waals surface area (Å²) in [7, 11) is 1.70. The molecule has 21 heavy (non-hydrogen) atoms. The predicted molar refractivity (Wildman–Crippen MR) is 84.0 cm³/mol. The number of aromatic carboxylic acids is 1. The minimum atomic E-state index is -1.18. The van der Waals surface area contributed by atoms with Gasteiger partial charge < -0.3 is 15.7 Å². The maximum atomic E-state index is 14.0. The van der Waals surface area contributed by atoms with E-state index in [0.717, 1.165) is 16.1 Å². The second kappa shape index (κ2) is 6.13. The number of nitrogen functional groups attached to an aromatic ring is 1. The van der Waals surface area contributed by atoms with Gasteiger partial charge in [0.25, 0.3) is 0 Å². The summed E-state index contributed by atoms with van der Waals surface area (Å²) in [5, 5.41) is 9.06. The SMILES string of the molecule is CN(Cc1ccc(Br)cc1)c1cc(C(=O)O)c(N)cc1F. The molecule has 0 aliphatic rings. The van der Waals surface area contributed by atoms with E-state index in [1.165, 1.54) is 6.07 Å². The van der Waals surface area contributed by atoms with Gasteiger partial charge in [-0.3, -0.25) is 0 Å². The quantitative estimate of drug-likeness (QED) is 0.826. The molecule has 110 valence electrons. The van der Waals surface area contributed by atoms with Crippen LogP contribution in [-0.4, -0.2) is 18.1 Å². The molecule has 0 atom stereocenters. The molecular weight excluding hydrogens is 339 g/mol. The van der Waals surface area contributed by atoms with Gasteiger partial charge in [0.15, 0.2) is 0 Å². The molecule has 3 N–H and O–H groups in total. The van der Waals surface area contributed by atoms with E-state index in [1.54, 1.807) is 11.9 Å². The number of anilines is 2. The lowest BCUT2D eigenvalue weighted by Crippen LogP contribution is -2.19. The molecule has 2 aromatic rings. The Morgan fingerprint density at radius 2 is 1.95 bits per heavy atom. The Bertz CT molecular complexity index is 674. The van der Waals surface area contributed by atoms with E-state index in [9.17, 15) is 9.18 Å². The van der Waals surface area contributed by atoms with E-state index >= 15 is 0 Å². The topological polar surface area (TPSA) is 66.6 Å². The smallest absolute Gasteiger partial charge is 0.337 e. The number of benzene rings is 2. The average molecular weight is 353 g/mol. The van der Waals surface area contributed by atoms with Crippen molar-refractivity contribution in [2.24, 2.45) is 0 Å². The zero-order chi connectivity index (χ0) is 15.6. The van der Waals surface area contributed by atoms with Crippen LogP contribution < -0.4 is 10.6 Å². The largest absolute Gasteiger partial charge is 0.478 e. The summed E-state index contributed by atoms with van der Waals surface area (Å²) in [5.74, 6) is -1.72. The molecule has 2 aromatic carbocycles. The van der Waals surface area contributed by atoms with Crippen molar-refractivity contribution in [3.05, 3.63) is 57.8 Å². The van der Waals surface area contributed by atoms with E-state index in [0.29, 0.717) is 6.54 Å². The number of halogens is 2. The molecule has 0 heterocycles. The van der Waals surface area contributed by atoms with E-state index in [2.05, 4.69) is 15.9 Å². The third kappa shape index (κ3) is 3.52. The maximum Gasteiger partial charge on any atom is 0.337 e. The summed E-state index contributed by atoms with van der Waals surface area (Å²) in [6, 6.07) is 9.90. The zero-order valence-electron chi connectivity index (χ0n) is 11.3. The Kier molecular flexibility index (Phi) is 4.47. The van der Waals surface area contributed by atoms with Gasteiger partial charge in [-0.2, -0.15) is 0 Å². The van der Waals surface area contributed by atoms with E-state index in [-0.39, 0.29) is 16.9 Å². The van der Waals surface area contributed by atoms with Crippen LogP contribution >= 0.6 is 15.9 Å². The number of carboxylic acid groups (broad SMARTS) is 1. The number of hydrogen-bond acceptors (Lipinski definition) is 3. The molecule has 0 spiro atoms. The van der Waals surface area contributed by atoms with Gasteiger partial charge >= 0.3 is 5.97 Å². The lowest BCUT2D eigenvalue weighted by Gasteiger charge is -2.21. The van der Waals surface area contributed by atoms with Crippen molar-refractivity contribution in [1.29, 1.82) is 0 Å². The summed E-state index contributed by atoms with van der Waals surface area (Å²) >= 11 is 3.35. The first kappa shape index (κ1) is 15.3. The molecule has 0 aliphatic carbocycles. The predicted octanol–water partition coefficient (Wildman–Crippen LogP) is 3.51. The number of nitrogens with zero attached hydrogens (tertiary/aromatic N) is 1. The summed E-state index contributed by atoms with van der Waals surface area (Å²) < 4.78 is 14.9. The molecule has 0 radical (unpaired) electrons. The molecule has 0 saturated carbocycles. The molecule has 0 bridgehead atoms. The van der Waals surface area contributed by atoms with Crippen LogP contribution in [0.5, 0.6) is 0 Å². The Labute approximate surface area is 130 Å². The average Bonchev–Trinajstić information content (AvgIpc) is 2.40. The normalized spacial score (nSPS) is 10.4. The van der Waals surface area contributed by atoms with Gasteiger partial charge in [0, 0.05) is 23.8 Å². The van der Waals surface area contributed by atoms with Crippen LogP contribution in [0.1, 0.15) is 15.9 Å². The highest BCUT2D eigenvalue weighted by atomic mass is 79.9. The molecule has 4 nitrogen and oxygen atoms in total. The summed E-state index contributed by atoms with van der Waals surface area (Å²) in [6.07, 6.45) is 0. The van der Waals surface area contributed by atoms with Gasteiger partial charge in [-0.25, -0.2) is 9.18 Å². The van der Waals surface area contributed by atoms with Crippen LogP contribution in [0, 0.1) is 5.82 Å². The molecular formula is C15H14BrFN2O2. The first-order valence-electron chi connectivity index (χ1n) is 6.16. The number of rotatable bonds is 4. The summed E-state index contributed by atoms with van der Waals surface area (Å²) in [4.78, 5) is 12.7. The monoisotopic (exact) mass is 352 g/mol. The highest BCUT2D eigenvalue weighted by Crippen LogP contribution is 2.26. The van der Waals surface area contributed by atoms with Crippen molar-refractivity contribution < 1.29 is 14.3 Å². The van der Waals surface area contributed by atoms with Crippen molar-refractivity contribution >= 4 is 33.3 Å². The molecule has 0 saturated heterocycles. The fourth-order valence-electron chi connectivity index (χ4n) is 2.00. The fraction of sp³-hybridized carbons (Fsp3) is 0.133. The van der Waals surface area contributed by atoms with Gasteiger partial charge in [0.2, 0.25) is 0 Å². The molecule has 2 rings (SSSR count). The van der Waals surface area contributed by atoms with Crippen LogP contribution in [0.2, 0.25) is 0 Å². The first-order chi connectivity index (χ1) is 9.88. The fourth-order valence-corrected chi connectivity index (χ4v) is 2.27. The van der Waals surface area contributed by atoms with Crippen molar-refractivity contribution in [1.82, 2.24) is 0 Å². The van der Waals surface area contributed by atoms with Gasteiger partial charge in [0.1, 0.15) is 5.82 Å². The third-order valence-electron chi connectivity index (χ3n) is 3.09. The second-order valence-electron chi connectivity index (χ2n) is 4.68. The number of carboxylic acids is 1. The van der Waals surface area contributed by atoms with Crippen LogP contribution in [-0.2, 0) is 6.54 Å². The van der Waals surface area contributed by atoms with Crippen molar-refractivity contribution in [2.75, 3.05) is 17.7 Å². The van der Waals surface area contributed by atoms with E-state index in [1.807, 2.05) is 24.3 Å². The number of carbonyl (C=O) groups is 1. The standard InChI is InChI=1S/C15H14BrFN2O2/c1-19(8-9-2-4-10(16)5-3-9)14-6-11(15(20)21)13(18)7-12(14)17/h2-7H,8,18H2,1H3,(H,20,21). The van der Waals surface area contributed by atoms with Crippen LogP contribution in [0.25, 0.3) is 0 Å². The Hall–Kier alpha value is -2.08. The van der Waals surface area contributed by atoms with Gasteiger partial charge in [-0.05, 0) is 29.8 Å². The first-order valence-corrected chi connectivity index (χ1v) is 6.95. The minimum Gasteiger partial charge on any atom is -0.478 e. The molecule has 0 unspecified atom stereocenters. The number of hydrogen-bond donors (Lipinski definition) is 2. The molecule has 0 aromatic heterocycles.